The molecule has 0 bridgehead atoms. The number of benzene rings is 1. The number of carbonyl (C=O) groups excluding carboxylic acids is 1. The average molecular weight is 276 g/mol. The van der Waals surface area contributed by atoms with Crippen LogP contribution in [0.5, 0.6) is 0 Å². The molecule has 0 heterocycles. The molecular weight excluding hydrogens is 252 g/mol. The molecule has 4 heteroatoms. The van der Waals surface area contributed by atoms with Crippen LogP contribution in [0.3, 0.4) is 0 Å². The topological polar surface area (TPSA) is 50.4 Å². The molecule has 0 aliphatic heterocycles. The van der Waals surface area contributed by atoms with Crippen molar-refractivity contribution >= 4 is 6.03 Å². The summed E-state index contributed by atoms with van der Waals surface area (Å²) in [6, 6.07) is 8.20. The van der Waals surface area contributed by atoms with Crippen molar-refractivity contribution in [2.24, 2.45) is 0 Å². The van der Waals surface area contributed by atoms with E-state index in [1.807, 2.05) is 32.9 Å². The minimum absolute atomic E-state index is 0.148. The number of fused-ring (bicyclic) bond motifs is 1. The zero-order chi connectivity index (χ0) is 14.8. The first kappa shape index (κ1) is 14.9. The van der Waals surface area contributed by atoms with Crippen LogP contribution in [0.2, 0.25) is 0 Å². The van der Waals surface area contributed by atoms with E-state index in [1.165, 1.54) is 11.1 Å². The number of nitrogens with one attached hydrogen (secondary N) is 2. The van der Waals surface area contributed by atoms with Gasteiger partial charge in [-0.25, -0.2) is 4.79 Å². The molecule has 2 rings (SSSR count). The first-order valence-corrected chi connectivity index (χ1v) is 7.02. The summed E-state index contributed by atoms with van der Waals surface area (Å²) >= 11 is 0. The van der Waals surface area contributed by atoms with Crippen molar-refractivity contribution in [2.45, 2.75) is 44.8 Å². The first-order valence-electron chi connectivity index (χ1n) is 7.02. The Labute approximate surface area is 120 Å². The van der Waals surface area contributed by atoms with Crippen LogP contribution >= 0.6 is 0 Å². The fourth-order valence-electron chi connectivity index (χ4n) is 2.63. The van der Waals surface area contributed by atoms with E-state index < -0.39 is 0 Å². The zero-order valence-corrected chi connectivity index (χ0v) is 12.7. The Morgan fingerprint density at radius 3 is 2.25 bits per heavy atom. The molecule has 1 aromatic carbocycles. The van der Waals surface area contributed by atoms with Gasteiger partial charge in [0.15, 0.2) is 0 Å². The van der Waals surface area contributed by atoms with Gasteiger partial charge in [0.25, 0.3) is 0 Å². The van der Waals surface area contributed by atoms with Crippen LogP contribution in [0, 0.1) is 0 Å². The van der Waals surface area contributed by atoms with Gasteiger partial charge >= 0.3 is 6.03 Å². The first-order chi connectivity index (χ1) is 9.34. The molecule has 0 saturated carbocycles. The molecule has 110 valence electrons. The minimum Gasteiger partial charge on any atom is -0.376 e. The Bertz CT molecular complexity index is 466. The van der Waals surface area contributed by atoms with Crippen LogP contribution in [0.15, 0.2) is 24.3 Å². The summed E-state index contributed by atoms with van der Waals surface area (Å²) in [5, 5.41) is 5.83. The molecule has 0 fully saturated rings. The lowest BCUT2D eigenvalue weighted by Gasteiger charge is -2.29. The molecule has 1 aliphatic carbocycles. The lowest BCUT2D eigenvalue weighted by Crippen LogP contribution is -2.52. The highest BCUT2D eigenvalue weighted by molar-refractivity contribution is 5.74. The molecule has 2 amide bonds. The molecule has 2 N–H and O–H groups in total. The van der Waals surface area contributed by atoms with E-state index in [-0.39, 0.29) is 17.2 Å². The molecule has 4 nitrogen and oxygen atoms in total. The van der Waals surface area contributed by atoms with Gasteiger partial charge in [-0.1, -0.05) is 24.3 Å². The van der Waals surface area contributed by atoms with Gasteiger partial charge in [0.2, 0.25) is 0 Å². The van der Waals surface area contributed by atoms with E-state index >= 15 is 0 Å². The minimum atomic E-state index is -0.321. The second-order valence-electron chi connectivity index (χ2n) is 6.57. The fraction of sp³-hybridized carbons (Fsp3) is 0.562. The van der Waals surface area contributed by atoms with Gasteiger partial charge < -0.3 is 15.4 Å². The molecule has 0 spiro atoms. The molecule has 0 aromatic heterocycles. The van der Waals surface area contributed by atoms with E-state index in [2.05, 4.69) is 22.8 Å². The van der Waals surface area contributed by atoms with E-state index in [0.29, 0.717) is 6.54 Å². The van der Waals surface area contributed by atoms with Crippen LogP contribution in [0.25, 0.3) is 0 Å². The quantitative estimate of drug-likeness (QED) is 0.890. The summed E-state index contributed by atoms with van der Waals surface area (Å²) in [5.74, 6) is 0. The van der Waals surface area contributed by atoms with Gasteiger partial charge in [-0.05, 0) is 31.9 Å². The second-order valence-corrected chi connectivity index (χ2v) is 6.57. The predicted molar refractivity (Wildman–Crippen MR) is 79.9 cm³/mol. The highest BCUT2D eigenvalue weighted by Crippen LogP contribution is 2.31. The Morgan fingerprint density at radius 1 is 1.25 bits per heavy atom. The summed E-state index contributed by atoms with van der Waals surface area (Å²) in [4.78, 5) is 11.9. The lowest BCUT2D eigenvalue weighted by atomic mass is 10.00. The molecule has 0 atom stereocenters. The largest absolute Gasteiger partial charge is 0.376 e. The Kier molecular flexibility index (Phi) is 4.04. The molecule has 20 heavy (non-hydrogen) atoms. The lowest BCUT2D eigenvalue weighted by molar-refractivity contribution is 0.00164. The molecule has 1 aromatic rings. The molecule has 0 saturated heterocycles. The highest BCUT2D eigenvalue weighted by Gasteiger charge is 2.37. The van der Waals surface area contributed by atoms with Crippen molar-refractivity contribution in [3.05, 3.63) is 35.4 Å². The van der Waals surface area contributed by atoms with Crippen LogP contribution in [0.1, 0.15) is 31.9 Å². The monoisotopic (exact) mass is 276 g/mol. The number of amides is 2. The third kappa shape index (κ3) is 3.51. The van der Waals surface area contributed by atoms with E-state index in [4.69, 9.17) is 4.74 Å². The molecular formula is C16H24N2O2. The van der Waals surface area contributed by atoms with Crippen molar-refractivity contribution in [3.63, 3.8) is 0 Å². The van der Waals surface area contributed by atoms with E-state index in [1.54, 1.807) is 7.11 Å². The maximum atomic E-state index is 11.9. The summed E-state index contributed by atoms with van der Waals surface area (Å²) in [7, 11) is 1.72. The van der Waals surface area contributed by atoms with Gasteiger partial charge in [0.1, 0.15) is 0 Å². The summed E-state index contributed by atoms with van der Waals surface area (Å²) in [5.41, 5.74) is 2.07. The molecule has 0 radical (unpaired) electrons. The summed E-state index contributed by atoms with van der Waals surface area (Å²) in [6.07, 6.45) is 1.69. The van der Waals surface area contributed by atoms with Crippen molar-refractivity contribution in [2.75, 3.05) is 13.7 Å². The number of hydrogen-bond donors (Lipinski definition) is 2. The van der Waals surface area contributed by atoms with Gasteiger partial charge in [-0.3, -0.25) is 0 Å². The maximum absolute atomic E-state index is 11.9. The van der Waals surface area contributed by atoms with Gasteiger partial charge in [0, 0.05) is 32.0 Å². The van der Waals surface area contributed by atoms with Gasteiger partial charge in [-0.15, -0.1) is 0 Å². The van der Waals surface area contributed by atoms with Gasteiger partial charge in [-0.2, -0.15) is 0 Å². The third-order valence-corrected chi connectivity index (χ3v) is 3.64. The normalized spacial score (nSPS) is 16.6. The SMILES string of the molecule is COC1(CNC(=O)NC(C)(C)C)Cc2ccccc2C1. The predicted octanol–water partition coefficient (Wildman–Crippen LogP) is 2.27. The zero-order valence-electron chi connectivity index (χ0n) is 12.7. The molecule has 1 aliphatic rings. The fourth-order valence-corrected chi connectivity index (χ4v) is 2.63. The van der Waals surface area contributed by atoms with Crippen molar-refractivity contribution in [1.29, 1.82) is 0 Å². The van der Waals surface area contributed by atoms with Crippen molar-refractivity contribution in [3.8, 4) is 0 Å². The summed E-state index contributed by atoms with van der Waals surface area (Å²) in [6.45, 7) is 6.40. The number of ether oxygens (including phenoxy) is 1. The number of urea groups is 1. The van der Waals surface area contributed by atoms with Crippen LogP contribution in [-0.4, -0.2) is 30.8 Å². The van der Waals surface area contributed by atoms with Crippen molar-refractivity contribution < 1.29 is 9.53 Å². The number of carbonyl (C=O) groups is 1. The van der Waals surface area contributed by atoms with Crippen molar-refractivity contribution in [1.82, 2.24) is 10.6 Å². The number of methoxy groups -OCH3 is 1. The van der Waals surface area contributed by atoms with Crippen LogP contribution < -0.4 is 10.6 Å². The van der Waals surface area contributed by atoms with E-state index in [9.17, 15) is 4.79 Å². The molecule has 0 unspecified atom stereocenters. The Balaban J connectivity index is 1.96. The standard InChI is InChI=1S/C16H24N2O2/c1-15(2,3)18-14(19)17-11-16(20-4)9-12-7-5-6-8-13(12)10-16/h5-8H,9-11H2,1-4H3,(H2,17,18,19). The van der Waals surface area contributed by atoms with E-state index in [0.717, 1.165) is 12.8 Å². The third-order valence-electron chi connectivity index (χ3n) is 3.64. The smallest absolute Gasteiger partial charge is 0.315 e. The number of rotatable bonds is 3. The second kappa shape index (κ2) is 5.44. The summed E-state index contributed by atoms with van der Waals surface area (Å²) < 4.78 is 5.72. The van der Waals surface area contributed by atoms with Crippen LogP contribution in [-0.2, 0) is 17.6 Å². The number of hydrogen-bond acceptors (Lipinski definition) is 2. The van der Waals surface area contributed by atoms with Gasteiger partial charge in [0.05, 0.1) is 5.60 Å². The maximum Gasteiger partial charge on any atom is 0.315 e. The Hall–Kier alpha value is -1.55. The highest BCUT2D eigenvalue weighted by atomic mass is 16.5. The van der Waals surface area contributed by atoms with Crippen LogP contribution in [0.4, 0.5) is 4.79 Å². The Morgan fingerprint density at radius 2 is 1.80 bits per heavy atom. The average Bonchev–Trinajstić information content (AvgIpc) is 2.73.